The summed E-state index contributed by atoms with van der Waals surface area (Å²) in [5.41, 5.74) is 3.85. The van der Waals surface area contributed by atoms with Gasteiger partial charge in [0, 0.05) is 58.3 Å². The second-order valence-electron chi connectivity index (χ2n) is 8.76. The number of pyridine rings is 1. The summed E-state index contributed by atoms with van der Waals surface area (Å²) < 4.78 is 32.8. The molecule has 11 heteroatoms. The summed E-state index contributed by atoms with van der Waals surface area (Å²) in [5, 5.41) is 10.1. The minimum atomic E-state index is -3.94. The smallest absolute Gasteiger partial charge is 0.243 e. The molecule has 3 aromatic rings. The number of β-amino-alcohol motifs (C(OH)–C–C–N with tert-alkyl or cyclic N) is 1. The molecule has 188 valence electrons. The molecule has 4 rings (SSSR count). The second kappa shape index (κ2) is 10.3. The molecule has 3 heterocycles. The molecule has 1 aliphatic heterocycles. The van der Waals surface area contributed by atoms with Crippen LogP contribution in [0.1, 0.15) is 6.42 Å². The van der Waals surface area contributed by atoms with Gasteiger partial charge in [-0.1, -0.05) is 0 Å². The number of carbonyl (C=O) groups is 1. The number of aromatic amines is 1. The number of sulfonamides is 1. The van der Waals surface area contributed by atoms with Gasteiger partial charge in [0.15, 0.2) is 0 Å². The maximum Gasteiger partial charge on any atom is 0.243 e. The number of fused-ring (bicyclic) bond motifs is 1. The molecule has 2 N–H and O–H groups in total. The van der Waals surface area contributed by atoms with Gasteiger partial charge < -0.3 is 24.6 Å². The number of hydrogen-bond donors (Lipinski definition) is 2. The Morgan fingerprint density at radius 3 is 2.77 bits per heavy atom. The lowest BCUT2D eigenvalue weighted by Crippen LogP contribution is -2.40. The predicted octanol–water partition coefficient (Wildman–Crippen LogP) is 1.53. The third-order valence-electron chi connectivity index (χ3n) is 6.27. The molecular formula is C24H31N5O5S. The van der Waals surface area contributed by atoms with E-state index >= 15 is 0 Å². The van der Waals surface area contributed by atoms with Gasteiger partial charge in [-0.25, -0.2) is 8.42 Å². The summed E-state index contributed by atoms with van der Waals surface area (Å²) in [4.78, 5) is 23.8. The number of likely N-dealkylation sites (N-methyl/N-ethyl adjacent to an activating group) is 2. The van der Waals surface area contributed by atoms with Gasteiger partial charge >= 0.3 is 0 Å². The number of anilines is 1. The highest BCUT2D eigenvalue weighted by Gasteiger charge is 2.28. The van der Waals surface area contributed by atoms with Gasteiger partial charge in [0.2, 0.25) is 15.9 Å². The van der Waals surface area contributed by atoms with Crippen LogP contribution in [0.2, 0.25) is 0 Å². The Morgan fingerprint density at radius 1 is 1.29 bits per heavy atom. The highest BCUT2D eigenvalue weighted by atomic mass is 32.2. The van der Waals surface area contributed by atoms with Crippen molar-refractivity contribution in [2.75, 3.05) is 58.9 Å². The Hall–Kier alpha value is -2.99. The van der Waals surface area contributed by atoms with Crippen LogP contribution in [0.25, 0.3) is 22.3 Å². The van der Waals surface area contributed by atoms with E-state index in [1.807, 2.05) is 23.1 Å². The van der Waals surface area contributed by atoms with Gasteiger partial charge in [-0.3, -0.25) is 9.78 Å². The molecule has 0 unspecified atom stereocenters. The van der Waals surface area contributed by atoms with Crippen molar-refractivity contribution in [1.82, 2.24) is 19.2 Å². The van der Waals surface area contributed by atoms with Gasteiger partial charge in [-0.2, -0.15) is 4.31 Å². The lowest BCUT2D eigenvalue weighted by atomic mass is 10.1. The molecule has 1 amide bonds. The van der Waals surface area contributed by atoms with E-state index < -0.39 is 16.1 Å². The number of ether oxygens (including phenoxy) is 1. The Labute approximate surface area is 205 Å². The van der Waals surface area contributed by atoms with E-state index in [0.29, 0.717) is 38.2 Å². The summed E-state index contributed by atoms with van der Waals surface area (Å²) in [6.07, 6.45) is 1.92. The largest absolute Gasteiger partial charge is 0.391 e. The number of nitrogens with one attached hydrogen (secondary N) is 1. The van der Waals surface area contributed by atoms with Gasteiger partial charge in [-0.05, 0) is 42.8 Å². The number of H-pyrrole nitrogens is 1. The number of benzene rings is 1. The molecule has 1 fully saturated rings. The first-order valence-corrected chi connectivity index (χ1v) is 12.8. The highest BCUT2D eigenvalue weighted by molar-refractivity contribution is 7.89. The number of hydrogen-bond acceptors (Lipinski definition) is 7. The van der Waals surface area contributed by atoms with Crippen molar-refractivity contribution in [3.8, 4) is 11.3 Å². The Balaban J connectivity index is 1.69. The number of aliphatic hydroxyl groups excluding tert-OH is 1. The zero-order valence-electron chi connectivity index (χ0n) is 20.1. The van der Waals surface area contributed by atoms with E-state index in [-0.39, 0.29) is 17.3 Å². The lowest BCUT2D eigenvalue weighted by molar-refractivity contribution is -0.130. The summed E-state index contributed by atoms with van der Waals surface area (Å²) in [6, 6.07) is 10.6. The number of rotatable bonds is 9. The minimum absolute atomic E-state index is 0.0810. The second-order valence-corrected chi connectivity index (χ2v) is 10.8. The van der Waals surface area contributed by atoms with E-state index in [1.165, 1.54) is 11.9 Å². The maximum absolute atomic E-state index is 13.4. The van der Waals surface area contributed by atoms with Crippen LogP contribution in [0.5, 0.6) is 0 Å². The average Bonchev–Trinajstić information content (AvgIpc) is 3.48. The van der Waals surface area contributed by atoms with Gasteiger partial charge in [0.25, 0.3) is 0 Å². The SMILES string of the molecule is COCCN(C)C(=O)CN(C)S(=O)(=O)c1ccc(N2CC[C@H](O)C2)c(-c2cc3ncccc3[nH]2)c1. The van der Waals surface area contributed by atoms with Gasteiger partial charge in [0.1, 0.15) is 0 Å². The number of aliphatic hydroxyl groups is 1. The number of aromatic nitrogens is 2. The van der Waals surface area contributed by atoms with Crippen molar-refractivity contribution in [1.29, 1.82) is 0 Å². The van der Waals surface area contributed by atoms with Crippen molar-refractivity contribution in [3.05, 3.63) is 42.6 Å². The van der Waals surface area contributed by atoms with Crippen LogP contribution >= 0.6 is 0 Å². The van der Waals surface area contributed by atoms with Crippen LogP contribution in [0, 0.1) is 0 Å². The van der Waals surface area contributed by atoms with E-state index in [0.717, 1.165) is 26.7 Å². The van der Waals surface area contributed by atoms with Crippen molar-refractivity contribution in [2.45, 2.75) is 17.4 Å². The Bertz CT molecular complexity index is 1280. The first-order valence-electron chi connectivity index (χ1n) is 11.4. The normalized spacial score (nSPS) is 16.4. The molecule has 10 nitrogen and oxygen atoms in total. The fraction of sp³-hybridized carbons (Fsp3) is 0.417. The fourth-order valence-corrected chi connectivity index (χ4v) is 5.31. The monoisotopic (exact) mass is 501 g/mol. The Kier molecular flexibility index (Phi) is 7.41. The van der Waals surface area contributed by atoms with E-state index in [1.54, 1.807) is 38.6 Å². The number of amides is 1. The summed E-state index contributed by atoms with van der Waals surface area (Å²) in [7, 11) is 0.613. The topological polar surface area (TPSA) is 119 Å². The minimum Gasteiger partial charge on any atom is -0.391 e. The maximum atomic E-state index is 13.4. The molecule has 1 saturated heterocycles. The van der Waals surface area contributed by atoms with Crippen molar-refractivity contribution < 1.29 is 23.1 Å². The molecule has 0 bridgehead atoms. The van der Waals surface area contributed by atoms with Gasteiger partial charge in [-0.15, -0.1) is 0 Å². The van der Waals surface area contributed by atoms with Crippen molar-refractivity contribution >= 4 is 32.7 Å². The summed E-state index contributed by atoms with van der Waals surface area (Å²) in [6.45, 7) is 1.60. The summed E-state index contributed by atoms with van der Waals surface area (Å²) >= 11 is 0. The van der Waals surface area contributed by atoms with Crippen LogP contribution in [0.15, 0.2) is 47.5 Å². The van der Waals surface area contributed by atoms with Crippen molar-refractivity contribution in [3.63, 3.8) is 0 Å². The number of carbonyl (C=O) groups excluding carboxylic acids is 1. The predicted molar refractivity (Wildman–Crippen MR) is 134 cm³/mol. The van der Waals surface area contributed by atoms with E-state index in [9.17, 15) is 18.3 Å². The van der Waals surface area contributed by atoms with Crippen LogP contribution < -0.4 is 4.90 Å². The third-order valence-corrected chi connectivity index (χ3v) is 8.07. The zero-order valence-corrected chi connectivity index (χ0v) is 21.0. The average molecular weight is 502 g/mol. The standard InChI is InChI=1S/C24H31N5O5S/c1-27(11-12-34-3)24(31)16-28(2)35(32,33)18-6-7-23(29-10-8-17(30)15-29)19(13-18)21-14-22-20(26-21)5-4-9-25-22/h4-7,9,13-14,17,26,30H,8,10-12,15-16H2,1-3H3/t17-/m0/s1. The summed E-state index contributed by atoms with van der Waals surface area (Å²) in [5.74, 6) is -0.322. The highest BCUT2D eigenvalue weighted by Crippen LogP contribution is 2.36. The van der Waals surface area contributed by atoms with Crippen LogP contribution in [0.4, 0.5) is 5.69 Å². The fourth-order valence-electron chi connectivity index (χ4n) is 4.16. The zero-order chi connectivity index (χ0) is 25.2. The van der Waals surface area contributed by atoms with Crippen LogP contribution in [0.3, 0.4) is 0 Å². The first kappa shape index (κ1) is 25.1. The number of nitrogens with zero attached hydrogens (tertiary/aromatic N) is 4. The first-order chi connectivity index (χ1) is 16.7. The molecule has 2 aromatic heterocycles. The Morgan fingerprint density at radius 2 is 2.09 bits per heavy atom. The molecule has 0 spiro atoms. The third kappa shape index (κ3) is 5.32. The van der Waals surface area contributed by atoms with E-state index in [4.69, 9.17) is 4.74 Å². The molecule has 35 heavy (non-hydrogen) atoms. The molecule has 1 aromatic carbocycles. The van der Waals surface area contributed by atoms with Crippen LogP contribution in [-0.4, -0.2) is 98.7 Å². The lowest BCUT2D eigenvalue weighted by Gasteiger charge is -2.24. The van der Waals surface area contributed by atoms with Crippen molar-refractivity contribution in [2.24, 2.45) is 0 Å². The molecule has 0 radical (unpaired) electrons. The van der Waals surface area contributed by atoms with Crippen LogP contribution in [-0.2, 0) is 19.6 Å². The molecule has 1 atom stereocenters. The molecule has 0 saturated carbocycles. The van der Waals surface area contributed by atoms with E-state index in [2.05, 4.69) is 9.97 Å². The van der Waals surface area contributed by atoms with Gasteiger partial charge in [0.05, 0.1) is 40.9 Å². The molecule has 0 aliphatic carbocycles. The molecule has 1 aliphatic rings. The molecular weight excluding hydrogens is 470 g/mol. The number of methoxy groups -OCH3 is 1. The quantitative estimate of drug-likeness (QED) is 0.456.